The van der Waals surface area contributed by atoms with Gasteiger partial charge >= 0.3 is 0 Å². The van der Waals surface area contributed by atoms with Crippen molar-refractivity contribution in [3.05, 3.63) is 11.9 Å². The van der Waals surface area contributed by atoms with E-state index in [0.717, 1.165) is 31.2 Å². The highest BCUT2D eigenvalue weighted by molar-refractivity contribution is 7.98. The lowest BCUT2D eigenvalue weighted by Crippen LogP contribution is -2.08. The van der Waals surface area contributed by atoms with Crippen molar-refractivity contribution in [1.82, 2.24) is 9.55 Å². The maximum Gasteiger partial charge on any atom is 0.203 e. The standard InChI is InChI=1S/C11H21N3S/c1-4-6-12-11-13-10(2)9-14(11)7-5-8-15-3/h9H,4-8H2,1-3H3,(H,12,13). The van der Waals surface area contributed by atoms with E-state index in [9.17, 15) is 0 Å². The van der Waals surface area contributed by atoms with E-state index >= 15 is 0 Å². The van der Waals surface area contributed by atoms with Crippen LogP contribution in [-0.2, 0) is 6.54 Å². The molecular formula is C11H21N3S. The van der Waals surface area contributed by atoms with E-state index in [1.807, 2.05) is 18.7 Å². The normalized spacial score (nSPS) is 10.6. The number of thioether (sulfide) groups is 1. The molecule has 0 saturated heterocycles. The maximum atomic E-state index is 4.47. The summed E-state index contributed by atoms with van der Waals surface area (Å²) in [5.74, 6) is 2.24. The van der Waals surface area contributed by atoms with Crippen molar-refractivity contribution in [2.45, 2.75) is 33.2 Å². The van der Waals surface area contributed by atoms with Crippen LogP contribution in [0.3, 0.4) is 0 Å². The molecule has 0 aromatic carbocycles. The Morgan fingerprint density at radius 3 is 3.00 bits per heavy atom. The van der Waals surface area contributed by atoms with E-state index in [0.29, 0.717) is 0 Å². The lowest BCUT2D eigenvalue weighted by molar-refractivity contribution is 0.686. The molecule has 0 fully saturated rings. The minimum absolute atomic E-state index is 0.999. The van der Waals surface area contributed by atoms with Gasteiger partial charge in [0.25, 0.3) is 0 Å². The molecule has 15 heavy (non-hydrogen) atoms. The van der Waals surface area contributed by atoms with Crippen LogP contribution in [0, 0.1) is 6.92 Å². The Hall–Kier alpha value is -0.640. The quantitative estimate of drug-likeness (QED) is 0.726. The molecule has 0 amide bonds. The molecule has 1 heterocycles. The van der Waals surface area contributed by atoms with E-state index in [2.05, 4.69) is 34.2 Å². The molecule has 0 aliphatic heterocycles. The number of imidazole rings is 1. The Labute approximate surface area is 96.7 Å². The predicted octanol–water partition coefficient (Wildman–Crippen LogP) is 2.77. The summed E-state index contributed by atoms with van der Waals surface area (Å²) in [5.41, 5.74) is 1.10. The second kappa shape index (κ2) is 6.77. The monoisotopic (exact) mass is 227 g/mol. The molecule has 0 aliphatic carbocycles. The summed E-state index contributed by atoms with van der Waals surface area (Å²) in [4.78, 5) is 4.47. The lowest BCUT2D eigenvalue weighted by atomic mass is 10.4. The summed E-state index contributed by atoms with van der Waals surface area (Å²) < 4.78 is 2.22. The van der Waals surface area contributed by atoms with Gasteiger partial charge in [-0.05, 0) is 31.8 Å². The molecule has 1 rings (SSSR count). The van der Waals surface area contributed by atoms with E-state index in [1.165, 1.54) is 12.2 Å². The second-order valence-electron chi connectivity index (χ2n) is 3.67. The average molecular weight is 227 g/mol. The number of hydrogen-bond donors (Lipinski definition) is 1. The van der Waals surface area contributed by atoms with Crippen molar-refractivity contribution >= 4 is 17.7 Å². The Morgan fingerprint density at radius 1 is 1.53 bits per heavy atom. The minimum Gasteiger partial charge on any atom is -0.356 e. The zero-order valence-corrected chi connectivity index (χ0v) is 10.7. The predicted molar refractivity (Wildman–Crippen MR) is 68.7 cm³/mol. The molecule has 1 aromatic heterocycles. The topological polar surface area (TPSA) is 29.9 Å². The number of rotatable bonds is 7. The van der Waals surface area contributed by atoms with Crippen molar-refractivity contribution in [2.75, 3.05) is 23.9 Å². The number of nitrogens with zero attached hydrogens (tertiary/aromatic N) is 2. The summed E-state index contributed by atoms with van der Waals surface area (Å²) in [6.07, 6.45) is 6.61. The Kier molecular flexibility index (Phi) is 5.61. The fourth-order valence-electron chi connectivity index (χ4n) is 1.47. The SMILES string of the molecule is CCCNc1nc(C)cn1CCCSC. The van der Waals surface area contributed by atoms with Crippen molar-refractivity contribution in [3.8, 4) is 0 Å². The molecule has 4 heteroatoms. The van der Waals surface area contributed by atoms with Gasteiger partial charge in [-0.15, -0.1) is 0 Å². The molecule has 1 aromatic rings. The highest BCUT2D eigenvalue weighted by Gasteiger charge is 2.03. The molecule has 0 unspecified atom stereocenters. The van der Waals surface area contributed by atoms with Gasteiger partial charge in [0.15, 0.2) is 0 Å². The van der Waals surface area contributed by atoms with E-state index in [1.54, 1.807) is 0 Å². The first-order valence-corrected chi connectivity index (χ1v) is 6.94. The highest BCUT2D eigenvalue weighted by atomic mass is 32.2. The van der Waals surface area contributed by atoms with Gasteiger partial charge in [0.05, 0.1) is 5.69 Å². The molecule has 1 N–H and O–H groups in total. The number of aromatic nitrogens is 2. The lowest BCUT2D eigenvalue weighted by Gasteiger charge is -2.08. The molecule has 0 aliphatic rings. The molecule has 3 nitrogen and oxygen atoms in total. The number of hydrogen-bond acceptors (Lipinski definition) is 3. The van der Waals surface area contributed by atoms with E-state index < -0.39 is 0 Å². The Bertz CT molecular complexity index is 283. The zero-order valence-electron chi connectivity index (χ0n) is 9.92. The molecule has 0 bridgehead atoms. The molecule has 0 atom stereocenters. The maximum absolute atomic E-state index is 4.47. The van der Waals surface area contributed by atoms with Gasteiger partial charge in [-0.3, -0.25) is 0 Å². The molecule has 0 spiro atoms. The van der Waals surface area contributed by atoms with Crippen molar-refractivity contribution in [1.29, 1.82) is 0 Å². The third kappa shape index (κ3) is 4.16. The first-order chi connectivity index (χ1) is 7.27. The zero-order chi connectivity index (χ0) is 11.1. The van der Waals surface area contributed by atoms with Gasteiger partial charge in [0.1, 0.15) is 0 Å². The van der Waals surface area contributed by atoms with Crippen molar-refractivity contribution in [3.63, 3.8) is 0 Å². The van der Waals surface area contributed by atoms with E-state index in [4.69, 9.17) is 0 Å². The summed E-state index contributed by atoms with van der Waals surface area (Å²) in [7, 11) is 0. The third-order valence-corrected chi connectivity index (χ3v) is 2.87. The first kappa shape index (κ1) is 12.4. The molecule has 86 valence electrons. The average Bonchev–Trinajstić information content (AvgIpc) is 2.56. The number of anilines is 1. The smallest absolute Gasteiger partial charge is 0.203 e. The Morgan fingerprint density at radius 2 is 2.33 bits per heavy atom. The molecule has 0 radical (unpaired) electrons. The fraction of sp³-hybridized carbons (Fsp3) is 0.727. The summed E-state index contributed by atoms with van der Waals surface area (Å²) in [6.45, 7) is 6.27. The van der Waals surface area contributed by atoms with E-state index in [-0.39, 0.29) is 0 Å². The van der Waals surface area contributed by atoms with Crippen LogP contribution in [0.15, 0.2) is 6.20 Å². The minimum atomic E-state index is 0.999. The summed E-state index contributed by atoms with van der Waals surface area (Å²) in [6, 6.07) is 0. The molecular weight excluding hydrogens is 206 g/mol. The Balaban J connectivity index is 2.51. The van der Waals surface area contributed by atoms with Crippen LogP contribution in [0.5, 0.6) is 0 Å². The van der Waals surface area contributed by atoms with Crippen molar-refractivity contribution < 1.29 is 0 Å². The van der Waals surface area contributed by atoms with Gasteiger partial charge < -0.3 is 9.88 Å². The van der Waals surface area contributed by atoms with Gasteiger partial charge in [-0.2, -0.15) is 11.8 Å². The van der Waals surface area contributed by atoms with Crippen LogP contribution in [0.2, 0.25) is 0 Å². The van der Waals surface area contributed by atoms with Crippen LogP contribution in [0.4, 0.5) is 5.95 Å². The number of nitrogens with one attached hydrogen (secondary N) is 1. The van der Waals surface area contributed by atoms with Gasteiger partial charge in [0, 0.05) is 19.3 Å². The van der Waals surface area contributed by atoms with Crippen LogP contribution < -0.4 is 5.32 Å². The summed E-state index contributed by atoms with van der Waals surface area (Å²) in [5, 5.41) is 3.36. The molecule has 0 saturated carbocycles. The second-order valence-corrected chi connectivity index (χ2v) is 4.66. The highest BCUT2D eigenvalue weighted by Crippen LogP contribution is 2.10. The fourth-order valence-corrected chi connectivity index (χ4v) is 1.89. The summed E-state index contributed by atoms with van der Waals surface area (Å²) >= 11 is 1.90. The first-order valence-electron chi connectivity index (χ1n) is 5.54. The van der Waals surface area contributed by atoms with Crippen LogP contribution in [0.25, 0.3) is 0 Å². The number of aryl methyl sites for hydroxylation is 2. The van der Waals surface area contributed by atoms with Crippen LogP contribution >= 0.6 is 11.8 Å². The van der Waals surface area contributed by atoms with Gasteiger partial charge in [-0.25, -0.2) is 4.98 Å². The third-order valence-electron chi connectivity index (χ3n) is 2.18. The van der Waals surface area contributed by atoms with Crippen molar-refractivity contribution in [2.24, 2.45) is 0 Å². The van der Waals surface area contributed by atoms with Crippen LogP contribution in [0.1, 0.15) is 25.5 Å². The van der Waals surface area contributed by atoms with Crippen LogP contribution in [-0.4, -0.2) is 28.1 Å². The van der Waals surface area contributed by atoms with Gasteiger partial charge in [0.2, 0.25) is 5.95 Å². The largest absolute Gasteiger partial charge is 0.356 e. The van der Waals surface area contributed by atoms with Gasteiger partial charge in [-0.1, -0.05) is 6.92 Å².